The van der Waals surface area contributed by atoms with E-state index in [9.17, 15) is 4.21 Å². The lowest BCUT2D eigenvalue weighted by Crippen LogP contribution is -2.23. The summed E-state index contributed by atoms with van der Waals surface area (Å²) >= 11 is 18.2. The van der Waals surface area contributed by atoms with Crippen LogP contribution in [0.15, 0.2) is 78.2 Å². The quantitative estimate of drug-likeness (QED) is 0.408. The predicted octanol–water partition coefficient (Wildman–Crippen LogP) is 6.99. The largest absolute Gasteiger partial charge is 0.284 e. The summed E-state index contributed by atoms with van der Waals surface area (Å²) in [4.78, 5) is 0. The van der Waals surface area contributed by atoms with E-state index in [0.29, 0.717) is 21.6 Å². The van der Waals surface area contributed by atoms with Gasteiger partial charge in [-0.2, -0.15) is 0 Å². The molecule has 1 unspecified atom stereocenters. The van der Waals surface area contributed by atoms with Gasteiger partial charge in [-0.25, -0.2) is 4.21 Å². The molecule has 3 aromatic rings. The predicted molar refractivity (Wildman–Crippen MR) is 118 cm³/mol. The topological polar surface area (TPSA) is 20.3 Å². The highest BCUT2D eigenvalue weighted by Gasteiger charge is 2.13. The molecular formula is C21H16Cl3NOS. The smallest absolute Gasteiger partial charge is 0.145 e. The summed E-state index contributed by atoms with van der Waals surface area (Å²) in [7, 11) is -1.42. The molecule has 138 valence electrons. The van der Waals surface area contributed by atoms with Crippen molar-refractivity contribution in [2.24, 2.45) is 0 Å². The van der Waals surface area contributed by atoms with E-state index in [1.807, 2.05) is 54.6 Å². The van der Waals surface area contributed by atoms with E-state index in [2.05, 4.69) is 0 Å². The Kier molecular flexibility index (Phi) is 6.97. The minimum absolute atomic E-state index is 0.424. The summed E-state index contributed by atoms with van der Waals surface area (Å²) < 4.78 is 14.8. The molecule has 3 aromatic carbocycles. The van der Waals surface area contributed by atoms with Gasteiger partial charge in [-0.3, -0.25) is 4.31 Å². The third kappa shape index (κ3) is 5.85. The molecule has 0 saturated carbocycles. The van der Waals surface area contributed by atoms with Crippen LogP contribution in [0.3, 0.4) is 0 Å². The summed E-state index contributed by atoms with van der Waals surface area (Å²) in [5.41, 5.74) is 2.59. The van der Waals surface area contributed by atoms with Gasteiger partial charge in [0.25, 0.3) is 0 Å². The molecule has 0 fully saturated rings. The van der Waals surface area contributed by atoms with Crippen LogP contribution in [0.4, 0.5) is 5.69 Å². The summed E-state index contributed by atoms with van der Waals surface area (Å²) in [6, 6.07) is 22.1. The Balaban J connectivity index is 1.89. The van der Waals surface area contributed by atoms with Crippen LogP contribution in [0.25, 0.3) is 6.08 Å². The Bertz CT molecular complexity index is 990. The number of halogens is 3. The summed E-state index contributed by atoms with van der Waals surface area (Å²) in [6.45, 7) is 0.424. The van der Waals surface area contributed by atoms with Crippen LogP contribution in [0.2, 0.25) is 15.1 Å². The molecule has 0 N–H and O–H groups in total. The van der Waals surface area contributed by atoms with Gasteiger partial charge in [-0.15, -0.1) is 0 Å². The van der Waals surface area contributed by atoms with Crippen LogP contribution < -0.4 is 4.31 Å². The lowest BCUT2D eigenvalue weighted by Gasteiger charge is -2.22. The van der Waals surface area contributed by atoms with Crippen molar-refractivity contribution in [1.82, 2.24) is 0 Å². The Hall–Kier alpha value is -1.78. The molecule has 27 heavy (non-hydrogen) atoms. The van der Waals surface area contributed by atoms with Gasteiger partial charge in [0.15, 0.2) is 0 Å². The molecule has 0 aliphatic heterocycles. The average Bonchev–Trinajstić information content (AvgIpc) is 2.64. The van der Waals surface area contributed by atoms with Gasteiger partial charge in [0.2, 0.25) is 0 Å². The first-order valence-corrected chi connectivity index (χ1v) is 10.4. The fourth-order valence-corrected chi connectivity index (χ4v) is 4.13. The Morgan fingerprint density at radius 1 is 0.815 bits per heavy atom. The zero-order valence-electron chi connectivity index (χ0n) is 14.2. The summed E-state index contributed by atoms with van der Waals surface area (Å²) in [5, 5.41) is 3.49. The molecule has 0 aromatic heterocycles. The maximum atomic E-state index is 13.0. The van der Waals surface area contributed by atoms with Gasteiger partial charge < -0.3 is 0 Å². The Morgan fingerprint density at radius 3 is 2.11 bits per heavy atom. The van der Waals surface area contributed by atoms with Gasteiger partial charge >= 0.3 is 0 Å². The highest BCUT2D eigenvalue weighted by Crippen LogP contribution is 2.25. The molecular weight excluding hydrogens is 421 g/mol. The van der Waals surface area contributed by atoms with Gasteiger partial charge in [-0.05, 0) is 59.7 Å². The normalized spacial score (nSPS) is 12.3. The van der Waals surface area contributed by atoms with Crippen molar-refractivity contribution >= 4 is 57.6 Å². The van der Waals surface area contributed by atoms with Crippen LogP contribution in [-0.2, 0) is 17.5 Å². The Morgan fingerprint density at radius 2 is 1.44 bits per heavy atom. The number of hydrogen-bond donors (Lipinski definition) is 0. The highest BCUT2D eigenvalue weighted by atomic mass is 35.5. The molecule has 1 atom stereocenters. The van der Waals surface area contributed by atoms with Crippen molar-refractivity contribution < 1.29 is 4.21 Å². The molecule has 0 aliphatic rings. The number of anilines is 1. The van der Waals surface area contributed by atoms with Crippen molar-refractivity contribution in [2.75, 3.05) is 4.31 Å². The van der Waals surface area contributed by atoms with E-state index in [4.69, 9.17) is 34.8 Å². The minimum atomic E-state index is -1.42. The second kappa shape index (κ2) is 9.43. The fourth-order valence-electron chi connectivity index (χ4n) is 2.51. The molecule has 0 amide bonds. The second-order valence-electron chi connectivity index (χ2n) is 5.78. The maximum absolute atomic E-state index is 13.0. The third-order valence-corrected chi connectivity index (χ3v) is 5.60. The second-order valence-corrected chi connectivity index (χ2v) is 8.35. The van der Waals surface area contributed by atoms with Gasteiger partial charge in [0.1, 0.15) is 11.0 Å². The van der Waals surface area contributed by atoms with Crippen LogP contribution >= 0.6 is 34.8 Å². The first kappa shape index (κ1) is 20.0. The zero-order valence-corrected chi connectivity index (χ0v) is 17.3. The van der Waals surface area contributed by atoms with Crippen LogP contribution in [-0.4, -0.2) is 4.21 Å². The van der Waals surface area contributed by atoms with Gasteiger partial charge in [0, 0.05) is 20.5 Å². The first-order valence-electron chi connectivity index (χ1n) is 8.13. The first-order chi connectivity index (χ1) is 13.0. The maximum Gasteiger partial charge on any atom is 0.145 e. The number of benzene rings is 3. The van der Waals surface area contributed by atoms with E-state index in [1.165, 1.54) is 0 Å². The van der Waals surface area contributed by atoms with E-state index in [-0.39, 0.29) is 0 Å². The molecule has 0 spiro atoms. The summed E-state index contributed by atoms with van der Waals surface area (Å²) in [5.74, 6) is 0. The van der Waals surface area contributed by atoms with Crippen LogP contribution in [0.5, 0.6) is 0 Å². The molecule has 0 aliphatic carbocycles. The van der Waals surface area contributed by atoms with E-state index in [0.717, 1.165) is 16.8 Å². The standard InChI is InChI=1S/C21H16Cl3NOS/c22-18-6-1-4-16(12-18)10-11-27(26)25(21-9-3-8-20(24)14-21)15-17-5-2-7-19(23)13-17/h1-14H,15H2/b11-10+. The zero-order chi connectivity index (χ0) is 19.2. The van der Waals surface area contributed by atoms with Gasteiger partial charge in [0.05, 0.1) is 12.2 Å². The van der Waals surface area contributed by atoms with E-state index in [1.54, 1.807) is 34.0 Å². The number of rotatable bonds is 6. The third-order valence-electron chi connectivity index (χ3n) is 3.75. The van der Waals surface area contributed by atoms with Crippen molar-refractivity contribution in [3.63, 3.8) is 0 Å². The molecule has 2 nitrogen and oxygen atoms in total. The average molecular weight is 437 g/mol. The van der Waals surface area contributed by atoms with Crippen molar-refractivity contribution in [3.8, 4) is 0 Å². The van der Waals surface area contributed by atoms with Crippen LogP contribution in [0, 0.1) is 0 Å². The molecule has 0 radical (unpaired) electrons. The molecule has 3 rings (SSSR count). The van der Waals surface area contributed by atoms with E-state index >= 15 is 0 Å². The van der Waals surface area contributed by atoms with Gasteiger partial charge in [-0.1, -0.05) is 65.1 Å². The lowest BCUT2D eigenvalue weighted by molar-refractivity contribution is 0.684. The molecule has 0 heterocycles. The fraction of sp³-hybridized carbons (Fsp3) is 0.0476. The van der Waals surface area contributed by atoms with Crippen molar-refractivity contribution in [3.05, 3.63) is 104 Å². The van der Waals surface area contributed by atoms with Crippen molar-refractivity contribution in [1.29, 1.82) is 0 Å². The monoisotopic (exact) mass is 435 g/mol. The van der Waals surface area contributed by atoms with Crippen molar-refractivity contribution in [2.45, 2.75) is 6.54 Å². The SMILES string of the molecule is O=S(/C=C/c1cccc(Cl)c1)N(Cc1cccc(Cl)c1)c1cccc(Cl)c1. The lowest BCUT2D eigenvalue weighted by atomic mass is 10.2. The number of nitrogens with zero attached hydrogens (tertiary/aromatic N) is 1. The molecule has 6 heteroatoms. The molecule has 0 bridgehead atoms. The van der Waals surface area contributed by atoms with E-state index < -0.39 is 11.0 Å². The minimum Gasteiger partial charge on any atom is -0.284 e. The van der Waals surface area contributed by atoms with Crippen LogP contribution in [0.1, 0.15) is 11.1 Å². The highest BCUT2D eigenvalue weighted by molar-refractivity contribution is 7.89. The molecule has 0 saturated heterocycles. The summed E-state index contributed by atoms with van der Waals surface area (Å²) in [6.07, 6.45) is 1.79. The Labute approximate surface area is 176 Å². The number of hydrogen-bond acceptors (Lipinski definition) is 1.